The molecule has 27 heavy (non-hydrogen) atoms. The maximum atomic E-state index is 5.37. The summed E-state index contributed by atoms with van der Waals surface area (Å²) in [5.74, 6) is 2.98. The van der Waals surface area contributed by atoms with Crippen molar-refractivity contribution >= 4 is 17.3 Å². The van der Waals surface area contributed by atoms with E-state index in [1.165, 1.54) is 6.33 Å². The smallest absolute Gasteiger partial charge is 0.203 e. The van der Waals surface area contributed by atoms with Crippen molar-refractivity contribution < 1.29 is 14.2 Å². The van der Waals surface area contributed by atoms with Crippen molar-refractivity contribution in [3.05, 3.63) is 54.6 Å². The summed E-state index contributed by atoms with van der Waals surface area (Å²) in [4.78, 5) is 12.6. The first-order valence-electron chi connectivity index (χ1n) is 8.25. The van der Waals surface area contributed by atoms with Gasteiger partial charge in [-0.05, 0) is 11.6 Å². The predicted octanol–water partition coefficient (Wildman–Crippen LogP) is 3.25. The number of nitrogens with one attached hydrogen (secondary N) is 2. The van der Waals surface area contributed by atoms with Crippen LogP contribution in [0.3, 0.4) is 0 Å². The molecule has 140 valence electrons. The Labute approximate surface area is 157 Å². The van der Waals surface area contributed by atoms with Gasteiger partial charge >= 0.3 is 0 Å². The molecule has 2 heterocycles. The Kier molecular flexibility index (Phi) is 5.88. The lowest BCUT2D eigenvalue weighted by atomic mass is 10.2. The van der Waals surface area contributed by atoms with Gasteiger partial charge in [-0.15, -0.1) is 0 Å². The van der Waals surface area contributed by atoms with Gasteiger partial charge in [-0.1, -0.05) is 6.07 Å². The Morgan fingerprint density at radius 2 is 1.67 bits per heavy atom. The molecule has 0 saturated carbocycles. The van der Waals surface area contributed by atoms with Crippen LogP contribution >= 0.6 is 0 Å². The molecule has 0 radical (unpaired) electrons. The number of anilines is 3. The third kappa shape index (κ3) is 4.55. The molecule has 3 aromatic rings. The summed E-state index contributed by atoms with van der Waals surface area (Å²) in [6.45, 7) is 0.620. The topological polar surface area (TPSA) is 90.4 Å². The molecule has 1 aromatic carbocycles. The number of aromatic nitrogens is 3. The van der Waals surface area contributed by atoms with Gasteiger partial charge in [-0.3, -0.25) is 4.98 Å². The SMILES string of the molecule is COc1cc(Nc2cc(NCc3cccnc3)ncn2)cc(OC)c1OC. The van der Waals surface area contributed by atoms with Crippen LogP contribution in [0.4, 0.5) is 17.3 Å². The van der Waals surface area contributed by atoms with E-state index in [2.05, 4.69) is 25.6 Å². The minimum atomic E-state index is 0.534. The molecule has 0 atom stereocenters. The van der Waals surface area contributed by atoms with Crippen LogP contribution in [0.5, 0.6) is 17.2 Å². The first-order valence-corrected chi connectivity index (χ1v) is 8.25. The molecule has 0 aliphatic rings. The van der Waals surface area contributed by atoms with Crippen molar-refractivity contribution in [1.82, 2.24) is 15.0 Å². The fraction of sp³-hybridized carbons (Fsp3) is 0.211. The van der Waals surface area contributed by atoms with Crippen molar-refractivity contribution in [3.63, 3.8) is 0 Å². The van der Waals surface area contributed by atoms with E-state index in [0.29, 0.717) is 35.4 Å². The highest BCUT2D eigenvalue weighted by Crippen LogP contribution is 2.40. The van der Waals surface area contributed by atoms with Gasteiger partial charge in [-0.25, -0.2) is 9.97 Å². The Hall–Kier alpha value is -3.55. The maximum absolute atomic E-state index is 5.37. The first-order chi connectivity index (χ1) is 13.2. The van der Waals surface area contributed by atoms with Gasteiger partial charge in [0.15, 0.2) is 11.5 Å². The third-order valence-corrected chi connectivity index (χ3v) is 3.80. The molecule has 0 amide bonds. The summed E-state index contributed by atoms with van der Waals surface area (Å²) < 4.78 is 16.1. The van der Waals surface area contributed by atoms with E-state index < -0.39 is 0 Å². The Morgan fingerprint density at radius 3 is 2.30 bits per heavy atom. The fourth-order valence-corrected chi connectivity index (χ4v) is 2.52. The molecule has 0 spiro atoms. The number of nitrogens with zero attached hydrogens (tertiary/aromatic N) is 3. The van der Waals surface area contributed by atoms with E-state index in [9.17, 15) is 0 Å². The molecule has 2 aromatic heterocycles. The molecule has 0 aliphatic carbocycles. The number of rotatable bonds is 8. The van der Waals surface area contributed by atoms with Crippen LogP contribution in [0.2, 0.25) is 0 Å². The van der Waals surface area contributed by atoms with Crippen molar-refractivity contribution in [2.24, 2.45) is 0 Å². The maximum Gasteiger partial charge on any atom is 0.203 e. The Morgan fingerprint density at radius 1 is 0.926 bits per heavy atom. The fourth-order valence-electron chi connectivity index (χ4n) is 2.52. The van der Waals surface area contributed by atoms with Gasteiger partial charge < -0.3 is 24.8 Å². The average Bonchev–Trinajstić information content (AvgIpc) is 2.72. The molecular weight excluding hydrogens is 346 g/mol. The molecule has 0 fully saturated rings. The predicted molar refractivity (Wildman–Crippen MR) is 103 cm³/mol. The summed E-state index contributed by atoms with van der Waals surface area (Å²) in [5, 5.41) is 6.47. The van der Waals surface area contributed by atoms with Crippen molar-refractivity contribution in [2.45, 2.75) is 6.54 Å². The number of hydrogen-bond donors (Lipinski definition) is 2. The van der Waals surface area contributed by atoms with E-state index in [0.717, 1.165) is 11.3 Å². The van der Waals surface area contributed by atoms with E-state index in [-0.39, 0.29) is 0 Å². The van der Waals surface area contributed by atoms with Crippen molar-refractivity contribution in [3.8, 4) is 17.2 Å². The van der Waals surface area contributed by atoms with E-state index >= 15 is 0 Å². The molecule has 0 bridgehead atoms. The Balaban J connectivity index is 1.76. The highest BCUT2D eigenvalue weighted by Gasteiger charge is 2.13. The number of pyridine rings is 1. The Bertz CT molecular complexity index is 865. The van der Waals surface area contributed by atoms with Crippen LogP contribution < -0.4 is 24.8 Å². The molecular formula is C19H21N5O3. The van der Waals surface area contributed by atoms with Crippen molar-refractivity contribution in [1.29, 1.82) is 0 Å². The largest absolute Gasteiger partial charge is 0.493 e. The van der Waals surface area contributed by atoms with Crippen LogP contribution in [-0.4, -0.2) is 36.3 Å². The lowest BCUT2D eigenvalue weighted by Crippen LogP contribution is -2.03. The van der Waals surface area contributed by atoms with Gasteiger partial charge in [0.25, 0.3) is 0 Å². The van der Waals surface area contributed by atoms with Crippen LogP contribution in [0, 0.1) is 0 Å². The highest BCUT2D eigenvalue weighted by atomic mass is 16.5. The highest BCUT2D eigenvalue weighted by molar-refractivity contribution is 5.67. The van der Waals surface area contributed by atoms with Crippen molar-refractivity contribution in [2.75, 3.05) is 32.0 Å². The second-order valence-electron chi connectivity index (χ2n) is 5.54. The molecule has 0 aliphatic heterocycles. The molecule has 8 heteroatoms. The van der Waals surface area contributed by atoms with Gasteiger partial charge in [0.05, 0.1) is 21.3 Å². The molecule has 0 unspecified atom stereocenters. The second kappa shape index (κ2) is 8.70. The van der Waals surface area contributed by atoms with E-state index in [1.807, 2.05) is 36.5 Å². The summed E-state index contributed by atoms with van der Waals surface area (Å²) in [6, 6.07) is 9.34. The van der Waals surface area contributed by atoms with Gasteiger partial charge in [0.2, 0.25) is 5.75 Å². The van der Waals surface area contributed by atoms with Crippen LogP contribution in [-0.2, 0) is 6.54 Å². The van der Waals surface area contributed by atoms with Gasteiger partial charge in [0.1, 0.15) is 18.0 Å². The number of hydrogen-bond acceptors (Lipinski definition) is 8. The third-order valence-electron chi connectivity index (χ3n) is 3.80. The molecule has 8 nitrogen and oxygen atoms in total. The molecule has 2 N–H and O–H groups in total. The summed E-state index contributed by atoms with van der Waals surface area (Å²) in [7, 11) is 4.72. The monoisotopic (exact) mass is 367 g/mol. The minimum absolute atomic E-state index is 0.534. The number of ether oxygens (including phenoxy) is 3. The first kappa shape index (κ1) is 18.2. The minimum Gasteiger partial charge on any atom is -0.493 e. The second-order valence-corrected chi connectivity index (χ2v) is 5.54. The van der Waals surface area contributed by atoms with Crippen LogP contribution in [0.25, 0.3) is 0 Å². The van der Waals surface area contributed by atoms with E-state index in [1.54, 1.807) is 27.5 Å². The summed E-state index contributed by atoms with van der Waals surface area (Å²) in [6.07, 6.45) is 5.04. The lowest BCUT2D eigenvalue weighted by Gasteiger charge is -2.15. The van der Waals surface area contributed by atoms with Gasteiger partial charge in [0, 0.05) is 42.8 Å². The average molecular weight is 367 g/mol. The normalized spacial score (nSPS) is 10.2. The summed E-state index contributed by atoms with van der Waals surface area (Å²) >= 11 is 0. The molecule has 3 rings (SSSR count). The van der Waals surface area contributed by atoms with Gasteiger partial charge in [-0.2, -0.15) is 0 Å². The zero-order chi connectivity index (χ0) is 19.1. The molecule has 0 saturated heterocycles. The lowest BCUT2D eigenvalue weighted by molar-refractivity contribution is 0.324. The van der Waals surface area contributed by atoms with Crippen LogP contribution in [0.1, 0.15) is 5.56 Å². The zero-order valence-corrected chi connectivity index (χ0v) is 15.4. The van der Waals surface area contributed by atoms with Crippen LogP contribution in [0.15, 0.2) is 49.1 Å². The standard InChI is InChI=1S/C19H21N5O3/c1-25-15-7-14(8-16(26-2)19(15)27-3)24-18-9-17(22-12-23-18)21-11-13-5-4-6-20-10-13/h4-10,12H,11H2,1-3H3,(H2,21,22,23,24). The zero-order valence-electron chi connectivity index (χ0n) is 15.4. The number of benzene rings is 1. The summed E-state index contributed by atoms with van der Waals surface area (Å²) in [5.41, 5.74) is 1.82. The number of methoxy groups -OCH3 is 3. The quantitative estimate of drug-likeness (QED) is 0.627. The van der Waals surface area contributed by atoms with E-state index in [4.69, 9.17) is 14.2 Å².